The third-order valence-electron chi connectivity index (χ3n) is 4.39. The molecule has 1 saturated heterocycles. The van der Waals surface area contributed by atoms with Crippen molar-refractivity contribution in [1.82, 2.24) is 9.80 Å². The van der Waals surface area contributed by atoms with E-state index >= 15 is 0 Å². The second-order valence-corrected chi connectivity index (χ2v) is 9.49. The maximum atomic E-state index is 12.7. The number of rotatable bonds is 5. The fourth-order valence-electron chi connectivity index (χ4n) is 2.80. The molecule has 1 aliphatic heterocycles. The summed E-state index contributed by atoms with van der Waals surface area (Å²) >= 11 is 1.32. The van der Waals surface area contributed by atoms with Crippen LogP contribution in [0.25, 0.3) is 0 Å². The van der Waals surface area contributed by atoms with Crippen LogP contribution in [0.5, 0.6) is 0 Å². The molecule has 0 aliphatic carbocycles. The summed E-state index contributed by atoms with van der Waals surface area (Å²) in [4.78, 5) is 40.3. The molecular weight excluding hydrogens is 390 g/mol. The summed E-state index contributed by atoms with van der Waals surface area (Å²) in [5.41, 5.74) is 1.34. The zero-order valence-electron chi connectivity index (χ0n) is 17.9. The Balaban J connectivity index is 1.74. The first-order valence-corrected chi connectivity index (χ1v) is 10.8. The SMILES string of the molecule is Cc1ccc(NC(=O)CSC(C)C(=O)N2CCN(C(=O)OC(C)(C)C)CC2)cc1. The first-order valence-electron chi connectivity index (χ1n) is 9.80. The standard InChI is InChI=1S/C21H31N3O4S/c1-15-6-8-17(9-7-15)22-18(25)14-29-16(2)19(26)23-10-12-24(13-11-23)20(27)28-21(3,4)5/h6-9,16H,10-14H2,1-5H3,(H,22,25). The average molecular weight is 422 g/mol. The van der Waals surface area contributed by atoms with E-state index in [0.717, 1.165) is 11.3 Å². The van der Waals surface area contributed by atoms with Crippen LogP contribution in [-0.4, -0.2) is 70.5 Å². The van der Waals surface area contributed by atoms with Crippen molar-refractivity contribution in [3.05, 3.63) is 29.8 Å². The Hall–Kier alpha value is -2.22. The molecule has 2 rings (SSSR count). The average Bonchev–Trinajstić information content (AvgIpc) is 2.66. The van der Waals surface area contributed by atoms with E-state index in [4.69, 9.17) is 4.74 Å². The summed E-state index contributed by atoms with van der Waals surface area (Å²) in [5.74, 6) is 0.0637. The van der Waals surface area contributed by atoms with E-state index in [-0.39, 0.29) is 28.9 Å². The van der Waals surface area contributed by atoms with Crippen LogP contribution in [-0.2, 0) is 14.3 Å². The summed E-state index contributed by atoms with van der Waals surface area (Å²) in [6.45, 7) is 11.1. The molecule has 1 aromatic rings. The number of carbonyl (C=O) groups is 3. The molecule has 0 spiro atoms. The van der Waals surface area contributed by atoms with Crippen molar-refractivity contribution in [2.75, 3.05) is 37.2 Å². The number of nitrogens with one attached hydrogen (secondary N) is 1. The molecule has 1 aromatic carbocycles. The summed E-state index contributed by atoms with van der Waals surface area (Å²) in [6, 6.07) is 7.59. The van der Waals surface area contributed by atoms with Crippen LogP contribution >= 0.6 is 11.8 Å². The minimum absolute atomic E-state index is 0.0121. The lowest BCUT2D eigenvalue weighted by Gasteiger charge is -2.36. The fraction of sp³-hybridized carbons (Fsp3) is 0.571. The van der Waals surface area contributed by atoms with Gasteiger partial charge in [0.25, 0.3) is 0 Å². The van der Waals surface area contributed by atoms with Crippen LogP contribution in [0.3, 0.4) is 0 Å². The van der Waals surface area contributed by atoms with E-state index in [9.17, 15) is 14.4 Å². The van der Waals surface area contributed by atoms with Gasteiger partial charge in [-0.3, -0.25) is 9.59 Å². The molecular formula is C21H31N3O4S. The summed E-state index contributed by atoms with van der Waals surface area (Å²) in [6.07, 6.45) is -0.347. The molecule has 8 heteroatoms. The zero-order chi connectivity index (χ0) is 21.6. The molecule has 1 aliphatic rings. The van der Waals surface area contributed by atoms with Gasteiger partial charge in [0, 0.05) is 31.9 Å². The highest BCUT2D eigenvalue weighted by Crippen LogP contribution is 2.17. The van der Waals surface area contributed by atoms with Crippen molar-refractivity contribution in [3.63, 3.8) is 0 Å². The topological polar surface area (TPSA) is 79.0 Å². The third-order valence-corrected chi connectivity index (χ3v) is 5.52. The maximum Gasteiger partial charge on any atom is 0.410 e. The lowest BCUT2D eigenvalue weighted by molar-refractivity contribution is -0.132. The highest BCUT2D eigenvalue weighted by molar-refractivity contribution is 8.01. The molecule has 0 saturated carbocycles. The second-order valence-electron chi connectivity index (χ2n) is 8.16. The van der Waals surface area contributed by atoms with Crippen molar-refractivity contribution in [2.24, 2.45) is 0 Å². The Bertz CT molecular complexity index is 722. The summed E-state index contributed by atoms with van der Waals surface area (Å²) in [5, 5.41) is 2.51. The zero-order valence-corrected chi connectivity index (χ0v) is 18.7. The van der Waals surface area contributed by atoms with Crippen molar-refractivity contribution >= 4 is 35.4 Å². The molecule has 0 aromatic heterocycles. The smallest absolute Gasteiger partial charge is 0.410 e. The van der Waals surface area contributed by atoms with Gasteiger partial charge in [-0.15, -0.1) is 11.8 Å². The van der Waals surface area contributed by atoms with E-state index in [2.05, 4.69) is 5.32 Å². The van der Waals surface area contributed by atoms with Gasteiger partial charge in [-0.2, -0.15) is 0 Å². The Morgan fingerprint density at radius 1 is 1.07 bits per heavy atom. The lowest BCUT2D eigenvalue weighted by Crippen LogP contribution is -2.53. The van der Waals surface area contributed by atoms with Gasteiger partial charge in [0.05, 0.1) is 11.0 Å². The minimum Gasteiger partial charge on any atom is -0.444 e. The predicted octanol–water partition coefficient (Wildman–Crippen LogP) is 3.13. The molecule has 1 unspecified atom stereocenters. The van der Waals surface area contributed by atoms with Crippen LogP contribution in [0.1, 0.15) is 33.3 Å². The molecule has 1 heterocycles. The number of hydrogen-bond acceptors (Lipinski definition) is 5. The number of anilines is 1. The summed E-state index contributed by atoms with van der Waals surface area (Å²) in [7, 11) is 0. The number of thioether (sulfide) groups is 1. The molecule has 1 atom stereocenters. The highest BCUT2D eigenvalue weighted by atomic mass is 32.2. The number of nitrogens with zero attached hydrogens (tertiary/aromatic N) is 2. The van der Waals surface area contributed by atoms with E-state index in [1.165, 1.54) is 11.8 Å². The monoisotopic (exact) mass is 421 g/mol. The number of ether oxygens (including phenoxy) is 1. The minimum atomic E-state index is -0.533. The van der Waals surface area contributed by atoms with E-state index in [0.29, 0.717) is 26.2 Å². The quantitative estimate of drug-likeness (QED) is 0.790. The van der Waals surface area contributed by atoms with Crippen LogP contribution < -0.4 is 5.32 Å². The van der Waals surface area contributed by atoms with Crippen LogP contribution in [0, 0.1) is 6.92 Å². The van der Waals surface area contributed by atoms with Crippen LogP contribution in [0.2, 0.25) is 0 Å². The Morgan fingerprint density at radius 3 is 2.17 bits per heavy atom. The van der Waals surface area contributed by atoms with Gasteiger partial charge in [-0.25, -0.2) is 4.79 Å². The largest absolute Gasteiger partial charge is 0.444 e. The Kier molecular flexibility index (Phi) is 7.96. The number of piperazine rings is 1. The molecule has 0 bridgehead atoms. The van der Waals surface area contributed by atoms with E-state index in [1.54, 1.807) is 9.80 Å². The number of aryl methyl sites for hydroxylation is 1. The number of hydrogen-bond donors (Lipinski definition) is 1. The first kappa shape index (κ1) is 23.1. The highest BCUT2D eigenvalue weighted by Gasteiger charge is 2.29. The molecule has 1 fully saturated rings. The normalized spacial score (nSPS) is 15.6. The number of benzene rings is 1. The van der Waals surface area contributed by atoms with Crippen LogP contribution in [0.4, 0.5) is 10.5 Å². The van der Waals surface area contributed by atoms with Crippen molar-refractivity contribution in [1.29, 1.82) is 0 Å². The maximum absolute atomic E-state index is 12.7. The van der Waals surface area contributed by atoms with Crippen molar-refractivity contribution in [2.45, 2.75) is 45.5 Å². The fourth-order valence-corrected chi connectivity index (χ4v) is 3.56. The second kappa shape index (κ2) is 10.0. The molecule has 0 radical (unpaired) electrons. The molecule has 160 valence electrons. The predicted molar refractivity (Wildman–Crippen MR) is 116 cm³/mol. The van der Waals surface area contributed by atoms with Gasteiger partial charge in [0.2, 0.25) is 11.8 Å². The van der Waals surface area contributed by atoms with Gasteiger partial charge in [-0.05, 0) is 46.8 Å². The third kappa shape index (κ3) is 7.61. The van der Waals surface area contributed by atoms with Crippen molar-refractivity contribution in [3.8, 4) is 0 Å². The van der Waals surface area contributed by atoms with Crippen LogP contribution in [0.15, 0.2) is 24.3 Å². The Morgan fingerprint density at radius 2 is 1.62 bits per heavy atom. The molecule has 7 nitrogen and oxygen atoms in total. The first-order chi connectivity index (χ1) is 13.5. The van der Waals surface area contributed by atoms with Gasteiger partial charge in [0.15, 0.2) is 0 Å². The lowest BCUT2D eigenvalue weighted by atomic mass is 10.2. The van der Waals surface area contributed by atoms with Gasteiger partial charge < -0.3 is 19.9 Å². The number of carbonyl (C=O) groups excluding carboxylic acids is 3. The van der Waals surface area contributed by atoms with E-state index in [1.807, 2.05) is 58.9 Å². The van der Waals surface area contributed by atoms with Crippen molar-refractivity contribution < 1.29 is 19.1 Å². The molecule has 3 amide bonds. The number of amides is 3. The molecule has 29 heavy (non-hydrogen) atoms. The van der Waals surface area contributed by atoms with Gasteiger partial charge in [0.1, 0.15) is 5.60 Å². The Labute approximate surface area is 177 Å². The van der Waals surface area contributed by atoms with Gasteiger partial charge >= 0.3 is 6.09 Å². The molecule has 1 N–H and O–H groups in total. The summed E-state index contributed by atoms with van der Waals surface area (Å²) < 4.78 is 5.38. The van der Waals surface area contributed by atoms with E-state index < -0.39 is 5.60 Å². The van der Waals surface area contributed by atoms with Gasteiger partial charge in [-0.1, -0.05) is 17.7 Å².